The van der Waals surface area contributed by atoms with E-state index in [0.29, 0.717) is 23.8 Å². The molecule has 2 heterocycles. The Morgan fingerprint density at radius 3 is 2.49 bits per heavy atom. The lowest BCUT2D eigenvalue weighted by Crippen LogP contribution is -2.23. The van der Waals surface area contributed by atoms with Gasteiger partial charge in [0.1, 0.15) is 5.82 Å². The van der Waals surface area contributed by atoms with Crippen molar-refractivity contribution in [3.8, 4) is 11.3 Å². The molecule has 8 nitrogen and oxygen atoms in total. The van der Waals surface area contributed by atoms with Crippen LogP contribution in [0.1, 0.15) is 24.0 Å². The predicted molar refractivity (Wildman–Crippen MR) is 138 cm³/mol. The fraction of sp³-hybridized carbons (Fsp3) is 0.200. The van der Waals surface area contributed by atoms with E-state index in [1.807, 2.05) is 54.6 Å². The first-order valence-electron chi connectivity index (χ1n) is 10.9. The monoisotopic (exact) mass is 555 g/mol. The van der Waals surface area contributed by atoms with Crippen LogP contribution in [0.5, 0.6) is 0 Å². The van der Waals surface area contributed by atoms with E-state index in [4.69, 9.17) is 16.6 Å². The maximum atomic E-state index is 11.9. The molecular formula is C25H23BrClN5O3. The number of aromatic nitrogens is 3. The Bertz CT molecular complexity index is 1360. The molecule has 0 atom stereocenters. The molecule has 0 aliphatic rings. The molecule has 0 saturated carbocycles. The Labute approximate surface area is 215 Å². The highest BCUT2D eigenvalue weighted by molar-refractivity contribution is 9.10. The molecule has 0 spiro atoms. The number of hydrogen-bond acceptors (Lipinski definition) is 6. The molecule has 0 bridgehead atoms. The van der Waals surface area contributed by atoms with Crippen LogP contribution in [0.25, 0.3) is 16.9 Å². The van der Waals surface area contributed by atoms with Gasteiger partial charge in [0.2, 0.25) is 5.91 Å². The summed E-state index contributed by atoms with van der Waals surface area (Å²) in [6.07, 6.45) is 1.88. The largest absolute Gasteiger partial charge is 0.469 e. The van der Waals surface area contributed by atoms with Crippen LogP contribution in [0.15, 0.2) is 65.3 Å². The average molecular weight is 557 g/mol. The maximum absolute atomic E-state index is 11.9. The highest BCUT2D eigenvalue weighted by atomic mass is 79.9. The highest BCUT2D eigenvalue weighted by Crippen LogP contribution is 2.30. The van der Waals surface area contributed by atoms with E-state index in [9.17, 15) is 9.59 Å². The van der Waals surface area contributed by atoms with E-state index in [1.165, 1.54) is 7.11 Å². The van der Waals surface area contributed by atoms with Crippen molar-refractivity contribution in [1.29, 1.82) is 0 Å². The molecule has 0 unspecified atom stereocenters. The quantitative estimate of drug-likeness (QED) is 0.282. The molecule has 2 aromatic carbocycles. The first-order valence-corrected chi connectivity index (χ1v) is 12.1. The number of rotatable bonds is 9. The third-order valence-corrected chi connectivity index (χ3v) is 6.24. The molecule has 10 heteroatoms. The minimum atomic E-state index is -0.398. The lowest BCUT2D eigenvalue weighted by molar-refractivity contribution is -0.142. The van der Waals surface area contributed by atoms with Crippen molar-refractivity contribution in [3.05, 3.63) is 81.4 Å². The fourth-order valence-corrected chi connectivity index (χ4v) is 4.02. The van der Waals surface area contributed by atoms with E-state index in [-0.39, 0.29) is 18.7 Å². The summed E-state index contributed by atoms with van der Waals surface area (Å²) >= 11 is 9.92. The normalized spacial score (nSPS) is 10.8. The summed E-state index contributed by atoms with van der Waals surface area (Å²) in [5.74, 6) is 0.185. The summed E-state index contributed by atoms with van der Waals surface area (Å²) in [4.78, 5) is 27.7. The van der Waals surface area contributed by atoms with Crippen LogP contribution in [-0.2, 0) is 27.4 Å². The molecule has 0 radical (unpaired) electrons. The first-order chi connectivity index (χ1) is 16.9. The number of amides is 1. The molecular weight excluding hydrogens is 534 g/mol. The predicted octanol–water partition coefficient (Wildman–Crippen LogP) is 4.99. The molecule has 1 amide bonds. The van der Waals surface area contributed by atoms with Gasteiger partial charge in [0.05, 0.1) is 29.9 Å². The van der Waals surface area contributed by atoms with Gasteiger partial charge in [-0.05, 0) is 33.1 Å². The van der Waals surface area contributed by atoms with Gasteiger partial charge >= 0.3 is 5.97 Å². The van der Waals surface area contributed by atoms with Crippen LogP contribution in [0.4, 0.5) is 5.82 Å². The van der Waals surface area contributed by atoms with Crippen LogP contribution in [0, 0.1) is 0 Å². The van der Waals surface area contributed by atoms with Crippen LogP contribution in [-0.4, -0.2) is 33.6 Å². The van der Waals surface area contributed by atoms with Gasteiger partial charge in [0.25, 0.3) is 0 Å². The topological polar surface area (TPSA) is 97.6 Å². The minimum absolute atomic E-state index is 0.0697. The van der Waals surface area contributed by atoms with Gasteiger partial charge in [-0.3, -0.25) is 9.59 Å². The number of carbonyl (C=O) groups excluding carboxylic acids is 2. The van der Waals surface area contributed by atoms with Gasteiger partial charge in [-0.15, -0.1) is 0 Å². The molecule has 180 valence electrons. The fourth-order valence-electron chi connectivity index (χ4n) is 3.44. The Hall–Kier alpha value is -3.43. The maximum Gasteiger partial charge on any atom is 0.306 e. The Morgan fingerprint density at radius 2 is 1.77 bits per heavy atom. The number of methoxy groups -OCH3 is 1. The zero-order chi connectivity index (χ0) is 24.8. The van der Waals surface area contributed by atoms with Crippen molar-refractivity contribution in [2.45, 2.75) is 25.9 Å². The van der Waals surface area contributed by atoms with Crippen molar-refractivity contribution in [1.82, 2.24) is 19.9 Å². The van der Waals surface area contributed by atoms with E-state index < -0.39 is 5.97 Å². The Balaban J connectivity index is 1.43. The number of nitrogens with one attached hydrogen (secondary N) is 2. The second kappa shape index (κ2) is 11.3. The molecule has 2 N–H and O–H groups in total. The molecule has 0 aliphatic heterocycles. The number of fused-ring (bicyclic) bond motifs is 1. The summed E-state index contributed by atoms with van der Waals surface area (Å²) in [7, 11) is 1.31. The van der Waals surface area contributed by atoms with Crippen molar-refractivity contribution >= 4 is 50.9 Å². The highest BCUT2D eigenvalue weighted by Gasteiger charge is 2.13. The van der Waals surface area contributed by atoms with Gasteiger partial charge in [-0.2, -0.15) is 9.61 Å². The second-order valence-corrected chi connectivity index (χ2v) is 9.02. The third kappa shape index (κ3) is 6.17. The number of hydrogen-bond donors (Lipinski definition) is 2. The van der Waals surface area contributed by atoms with Gasteiger partial charge < -0.3 is 15.4 Å². The molecule has 2 aromatic heterocycles. The number of carbonyl (C=O) groups is 2. The van der Waals surface area contributed by atoms with Gasteiger partial charge in [0, 0.05) is 36.2 Å². The number of nitrogens with zero attached hydrogens (tertiary/aromatic N) is 3. The van der Waals surface area contributed by atoms with Gasteiger partial charge in [0.15, 0.2) is 5.65 Å². The molecule has 4 rings (SSSR count). The van der Waals surface area contributed by atoms with E-state index in [2.05, 4.69) is 36.4 Å². The van der Waals surface area contributed by atoms with E-state index >= 15 is 0 Å². The lowest BCUT2D eigenvalue weighted by atomic mass is 10.1. The lowest BCUT2D eigenvalue weighted by Gasteiger charge is -2.12. The number of benzene rings is 2. The van der Waals surface area contributed by atoms with Crippen molar-refractivity contribution in [2.24, 2.45) is 0 Å². The smallest absolute Gasteiger partial charge is 0.306 e. The molecule has 4 aromatic rings. The summed E-state index contributed by atoms with van der Waals surface area (Å²) in [5.41, 5.74) is 4.28. The number of esters is 1. The van der Waals surface area contributed by atoms with Crippen LogP contribution >= 0.6 is 27.5 Å². The summed E-state index contributed by atoms with van der Waals surface area (Å²) in [6.45, 7) is 0.950. The molecule has 0 aliphatic carbocycles. The summed E-state index contributed by atoms with van der Waals surface area (Å²) in [5, 5.41) is 11.3. The van der Waals surface area contributed by atoms with Crippen LogP contribution in [0.2, 0.25) is 5.02 Å². The van der Waals surface area contributed by atoms with Crippen molar-refractivity contribution in [2.75, 3.05) is 12.4 Å². The van der Waals surface area contributed by atoms with Crippen LogP contribution in [0.3, 0.4) is 0 Å². The number of anilines is 1. The van der Waals surface area contributed by atoms with E-state index in [1.54, 1.807) is 10.7 Å². The summed E-state index contributed by atoms with van der Waals surface area (Å²) < 4.78 is 7.07. The standard InChI is InChI=1S/C25H23BrClN5O3/c1-35-24(34)11-10-23(33)29-14-17-8-6-16(7-9-17)13-28-22-12-21(18-4-2-3-5-20(18)27)31-25-19(26)15-30-32(22)25/h2-9,12,15,28H,10-11,13-14H2,1H3,(H,29,33). The number of halogens is 2. The van der Waals surface area contributed by atoms with Gasteiger partial charge in [-0.25, -0.2) is 4.98 Å². The van der Waals surface area contributed by atoms with Crippen molar-refractivity contribution in [3.63, 3.8) is 0 Å². The molecule has 0 saturated heterocycles. The van der Waals surface area contributed by atoms with Crippen molar-refractivity contribution < 1.29 is 14.3 Å². The zero-order valence-electron chi connectivity index (χ0n) is 18.9. The van der Waals surface area contributed by atoms with Crippen LogP contribution < -0.4 is 10.6 Å². The molecule has 0 fully saturated rings. The third-order valence-electron chi connectivity index (χ3n) is 5.35. The Morgan fingerprint density at radius 1 is 1.06 bits per heavy atom. The second-order valence-electron chi connectivity index (χ2n) is 7.76. The number of ether oxygens (including phenoxy) is 1. The minimum Gasteiger partial charge on any atom is -0.469 e. The zero-order valence-corrected chi connectivity index (χ0v) is 21.3. The summed E-state index contributed by atoms with van der Waals surface area (Å²) in [6, 6.07) is 17.4. The first kappa shape index (κ1) is 24.7. The van der Waals surface area contributed by atoms with E-state index in [0.717, 1.165) is 32.7 Å². The Kier molecular flexibility index (Phi) is 7.99. The average Bonchev–Trinajstić information content (AvgIpc) is 3.26. The SMILES string of the molecule is COC(=O)CCC(=O)NCc1ccc(CNc2cc(-c3ccccc3Cl)nc3c(Br)cnn23)cc1. The van der Waals surface area contributed by atoms with Gasteiger partial charge in [-0.1, -0.05) is 54.1 Å². The molecule has 35 heavy (non-hydrogen) atoms.